The first kappa shape index (κ1) is 11.0. The maximum Gasteiger partial charge on any atom is 0.260 e. The second kappa shape index (κ2) is 5.54. The lowest BCUT2D eigenvalue weighted by molar-refractivity contribution is -0.133. The van der Waals surface area contributed by atoms with Crippen molar-refractivity contribution in [3.8, 4) is 5.75 Å². The summed E-state index contributed by atoms with van der Waals surface area (Å²) < 4.78 is 5.42. The van der Waals surface area contributed by atoms with Crippen molar-refractivity contribution in [3.05, 3.63) is 36.8 Å². The molecule has 1 aromatic rings. The van der Waals surface area contributed by atoms with Gasteiger partial charge < -0.3 is 9.64 Å². The molecule has 1 aliphatic heterocycles. The van der Waals surface area contributed by atoms with Crippen LogP contribution in [0.4, 0.5) is 0 Å². The zero-order valence-electron chi connectivity index (χ0n) is 9.26. The molecule has 0 N–H and O–H groups in total. The Morgan fingerprint density at radius 1 is 1.31 bits per heavy atom. The van der Waals surface area contributed by atoms with Crippen LogP contribution < -0.4 is 4.74 Å². The highest BCUT2D eigenvalue weighted by atomic mass is 16.5. The number of carbonyl (C=O) groups excluding carboxylic acids is 1. The summed E-state index contributed by atoms with van der Waals surface area (Å²) in [5, 5.41) is 0. The molecular formula is C13H16NO2. The van der Waals surface area contributed by atoms with Crippen LogP contribution in [0.15, 0.2) is 30.3 Å². The molecule has 0 aliphatic carbocycles. The summed E-state index contributed by atoms with van der Waals surface area (Å²) in [7, 11) is 0. The first-order valence-corrected chi connectivity index (χ1v) is 5.63. The van der Waals surface area contributed by atoms with Gasteiger partial charge in [-0.25, -0.2) is 0 Å². The van der Waals surface area contributed by atoms with Gasteiger partial charge in [0.2, 0.25) is 0 Å². The Labute approximate surface area is 96.0 Å². The molecule has 85 valence electrons. The molecule has 1 aromatic carbocycles. The summed E-state index contributed by atoms with van der Waals surface area (Å²) in [6, 6.07) is 9.43. The van der Waals surface area contributed by atoms with E-state index in [0.717, 1.165) is 31.7 Å². The van der Waals surface area contributed by atoms with E-state index in [9.17, 15) is 4.79 Å². The van der Waals surface area contributed by atoms with Crippen LogP contribution in [-0.4, -0.2) is 30.5 Å². The van der Waals surface area contributed by atoms with Gasteiger partial charge in [0, 0.05) is 13.1 Å². The van der Waals surface area contributed by atoms with Crippen LogP contribution in [-0.2, 0) is 4.79 Å². The average molecular weight is 218 g/mol. The third-order valence-electron chi connectivity index (χ3n) is 2.64. The molecule has 1 radical (unpaired) electrons. The van der Waals surface area contributed by atoms with E-state index in [2.05, 4.69) is 6.42 Å². The highest BCUT2D eigenvalue weighted by Crippen LogP contribution is 2.10. The van der Waals surface area contributed by atoms with Gasteiger partial charge >= 0.3 is 0 Å². The second-order valence-electron chi connectivity index (χ2n) is 3.87. The number of hydrogen-bond donors (Lipinski definition) is 0. The molecule has 1 heterocycles. The summed E-state index contributed by atoms with van der Waals surface area (Å²) >= 11 is 0. The number of carbonyl (C=O) groups is 1. The van der Waals surface area contributed by atoms with Crippen molar-refractivity contribution in [2.45, 2.75) is 12.8 Å². The Morgan fingerprint density at radius 3 is 2.81 bits per heavy atom. The molecule has 2 rings (SSSR count). The number of para-hydroxylation sites is 1. The van der Waals surface area contributed by atoms with Crippen LogP contribution in [0.25, 0.3) is 0 Å². The number of rotatable bonds is 3. The Hall–Kier alpha value is -1.51. The van der Waals surface area contributed by atoms with Crippen LogP contribution in [0.2, 0.25) is 0 Å². The molecule has 16 heavy (non-hydrogen) atoms. The molecule has 0 aromatic heterocycles. The van der Waals surface area contributed by atoms with Gasteiger partial charge in [0.05, 0.1) is 0 Å². The quantitative estimate of drug-likeness (QED) is 0.775. The summed E-state index contributed by atoms with van der Waals surface area (Å²) in [5.74, 6) is 0.816. The van der Waals surface area contributed by atoms with Gasteiger partial charge in [0.1, 0.15) is 5.75 Å². The zero-order chi connectivity index (χ0) is 11.2. The molecular weight excluding hydrogens is 202 g/mol. The maximum atomic E-state index is 11.8. The third kappa shape index (κ3) is 2.99. The summed E-state index contributed by atoms with van der Waals surface area (Å²) in [6.07, 6.45) is 4.32. The topological polar surface area (TPSA) is 29.5 Å². The van der Waals surface area contributed by atoms with Crippen molar-refractivity contribution in [1.29, 1.82) is 0 Å². The minimum atomic E-state index is 0.0693. The van der Waals surface area contributed by atoms with Crippen LogP contribution in [0.3, 0.4) is 0 Å². The number of ether oxygens (including phenoxy) is 1. The number of likely N-dealkylation sites (tertiary alicyclic amines) is 1. The molecule has 0 saturated carbocycles. The molecule has 1 aliphatic rings. The summed E-state index contributed by atoms with van der Waals surface area (Å²) in [4.78, 5) is 13.6. The maximum absolute atomic E-state index is 11.8. The first-order valence-electron chi connectivity index (χ1n) is 5.63. The van der Waals surface area contributed by atoms with Crippen LogP contribution >= 0.6 is 0 Å². The van der Waals surface area contributed by atoms with Gasteiger partial charge in [-0.15, -0.1) is 0 Å². The van der Waals surface area contributed by atoms with Crippen LogP contribution in [0.1, 0.15) is 12.8 Å². The average Bonchev–Trinajstić information content (AvgIpc) is 2.38. The van der Waals surface area contributed by atoms with Gasteiger partial charge in [0.25, 0.3) is 5.91 Å². The fourth-order valence-electron chi connectivity index (χ4n) is 1.74. The van der Waals surface area contributed by atoms with Gasteiger partial charge in [-0.1, -0.05) is 18.2 Å². The molecule has 1 amide bonds. The SMILES string of the molecule is O=C(COc1ccccc1)N1C[CH]CCC1. The van der Waals surface area contributed by atoms with E-state index in [1.807, 2.05) is 35.2 Å². The van der Waals surface area contributed by atoms with E-state index in [1.54, 1.807) is 0 Å². The molecule has 3 nitrogen and oxygen atoms in total. The third-order valence-corrected chi connectivity index (χ3v) is 2.64. The monoisotopic (exact) mass is 218 g/mol. The number of piperidine rings is 1. The highest BCUT2D eigenvalue weighted by Gasteiger charge is 2.16. The Bertz CT molecular complexity index is 331. The summed E-state index contributed by atoms with van der Waals surface area (Å²) in [5.41, 5.74) is 0. The largest absolute Gasteiger partial charge is 0.484 e. The number of nitrogens with zero attached hydrogens (tertiary/aromatic N) is 1. The summed E-state index contributed by atoms with van der Waals surface area (Å²) in [6.45, 7) is 1.75. The fraction of sp³-hybridized carbons (Fsp3) is 0.385. The molecule has 1 saturated heterocycles. The Kier molecular flexibility index (Phi) is 3.81. The minimum Gasteiger partial charge on any atom is -0.484 e. The van der Waals surface area contributed by atoms with Gasteiger partial charge in [-0.3, -0.25) is 4.79 Å². The minimum absolute atomic E-state index is 0.0693. The smallest absolute Gasteiger partial charge is 0.260 e. The molecule has 0 atom stereocenters. The number of benzene rings is 1. The van der Waals surface area contributed by atoms with Crippen molar-refractivity contribution < 1.29 is 9.53 Å². The lowest BCUT2D eigenvalue weighted by Gasteiger charge is -2.26. The lowest BCUT2D eigenvalue weighted by Crippen LogP contribution is -2.38. The van der Waals surface area contributed by atoms with E-state index in [4.69, 9.17) is 4.74 Å². The predicted octanol–water partition coefficient (Wildman–Crippen LogP) is 1.89. The van der Waals surface area contributed by atoms with Crippen LogP contribution in [0, 0.1) is 6.42 Å². The Balaban J connectivity index is 1.79. The molecule has 3 heteroatoms. The van der Waals surface area contributed by atoms with Crippen molar-refractivity contribution >= 4 is 5.91 Å². The molecule has 0 unspecified atom stereocenters. The Morgan fingerprint density at radius 2 is 2.12 bits per heavy atom. The van der Waals surface area contributed by atoms with E-state index < -0.39 is 0 Å². The van der Waals surface area contributed by atoms with Crippen molar-refractivity contribution in [2.24, 2.45) is 0 Å². The van der Waals surface area contributed by atoms with E-state index in [0.29, 0.717) is 0 Å². The molecule has 0 spiro atoms. The second-order valence-corrected chi connectivity index (χ2v) is 3.87. The van der Waals surface area contributed by atoms with Gasteiger partial charge in [-0.05, 0) is 31.4 Å². The van der Waals surface area contributed by atoms with Crippen molar-refractivity contribution in [1.82, 2.24) is 4.90 Å². The number of amides is 1. The van der Waals surface area contributed by atoms with E-state index in [1.165, 1.54) is 0 Å². The standard InChI is InChI=1S/C13H16NO2/c15-13(14-9-5-2-6-10-14)11-16-12-7-3-1-4-8-12/h1,3-5,7-8H,2,6,9-11H2. The zero-order valence-corrected chi connectivity index (χ0v) is 9.26. The lowest BCUT2D eigenvalue weighted by atomic mass is 10.1. The van der Waals surface area contributed by atoms with E-state index in [-0.39, 0.29) is 12.5 Å². The normalized spacial score (nSPS) is 15.9. The number of hydrogen-bond acceptors (Lipinski definition) is 2. The van der Waals surface area contributed by atoms with E-state index >= 15 is 0 Å². The fourth-order valence-corrected chi connectivity index (χ4v) is 1.74. The van der Waals surface area contributed by atoms with Gasteiger partial charge in [-0.2, -0.15) is 0 Å². The predicted molar refractivity (Wildman–Crippen MR) is 62.1 cm³/mol. The van der Waals surface area contributed by atoms with Gasteiger partial charge in [0.15, 0.2) is 6.61 Å². The highest BCUT2D eigenvalue weighted by molar-refractivity contribution is 5.78. The van der Waals surface area contributed by atoms with Crippen molar-refractivity contribution in [3.63, 3.8) is 0 Å². The first-order chi connectivity index (χ1) is 7.86. The van der Waals surface area contributed by atoms with Crippen LogP contribution in [0.5, 0.6) is 5.75 Å². The molecule has 1 fully saturated rings. The van der Waals surface area contributed by atoms with Crippen molar-refractivity contribution in [2.75, 3.05) is 19.7 Å². The molecule has 0 bridgehead atoms.